The van der Waals surface area contributed by atoms with Crippen molar-refractivity contribution in [3.63, 3.8) is 0 Å². The monoisotopic (exact) mass is 378 g/mol. The molecule has 0 aromatic heterocycles. The Bertz CT molecular complexity index is 640. The molecule has 150 valence electrons. The molecule has 27 heavy (non-hydrogen) atoms. The zero-order valence-electron chi connectivity index (χ0n) is 16.5. The van der Waals surface area contributed by atoms with Crippen molar-refractivity contribution in [1.82, 2.24) is 10.6 Å². The first kappa shape index (κ1) is 21.0. The van der Waals surface area contributed by atoms with Crippen LogP contribution in [0.1, 0.15) is 49.9 Å². The summed E-state index contributed by atoms with van der Waals surface area (Å²) in [5, 5.41) is 15.8. The van der Waals surface area contributed by atoms with E-state index < -0.39 is 12.1 Å². The number of hydrogen-bond acceptors (Lipinski definition) is 5. The summed E-state index contributed by atoms with van der Waals surface area (Å²) in [7, 11) is 3.02. The first-order valence-corrected chi connectivity index (χ1v) is 9.38. The fourth-order valence-corrected chi connectivity index (χ4v) is 3.25. The number of rotatable bonds is 7. The Balaban J connectivity index is 2.10. The number of ether oxygens (including phenoxy) is 2. The predicted molar refractivity (Wildman–Crippen MR) is 102 cm³/mol. The summed E-state index contributed by atoms with van der Waals surface area (Å²) in [6.07, 6.45) is 2.85. The lowest BCUT2D eigenvalue weighted by atomic mass is 9.92. The molecule has 2 rings (SSSR count). The number of benzene rings is 1. The molecule has 7 heteroatoms. The number of amides is 2. The van der Waals surface area contributed by atoms with E-state index in [0.29, 0.717) is 23.5 Å². The van der Waals surface area contributed by atoms with Crippen LogP contribution in [0.4, 0.5) is 0 Å². The Morgan fingerprint density at radius 2 is 1.67 bits per heavy atom. The van der Waals surface area contributed by atoms with E-state index in [1.165, 1.54) is 14.2 Å². The van der Waals surface area contributed by atoms with Crippen molar-refractivity contribution < 1.29 is 24.2 Å². The van der Waals surface area contributed by atoms with Crippen molar-refractivity contribution in [2.24, 2.45) is 5.92 Å². The third-order valence-corrected chi connectivity index (χ3v) is 4.91. The molecule has 0 bridgehead atoms. The van der Waals surface area contributed by atoms with Crippen LogP contribution in [-0.4, -0.2) is 49.3 Å². The van der Waals surface area contributed by atoms with E-state index in [2.05, 4.69) is 10.6 Å². The molecule has 2 amide bonds. The van der Waals surface area contributed by atoms with Crippen molar-refractivity contribution in [2.45, 2.75) is 57.7 Å². The molecule has 3 unspecified atom stereocenters. The molecule has 1 saturated carbocycles. The van der Waals surface area contributed by atoms with E-state index >= 15 is 0 Å². The van der Waals surface area contributed by atoms with Gasteiger partial charge in [0.05, 0.1) is 26.4 Å². The standard InChI is InChI=1S/C20H30N2O5/c1-12(2)18(20(25)21-16-7-5-6-8-17(16)23)22-19(24)13-9-14(26-3)11-15(10-13)27-4/h9-12,16-18,23H,5-8H2,1-4H3,(H,21,25)(H,22,24). The van der Waals surface area contributed by atoms with Crippen LogP contribution in [0, 0.1) is 5.92 Å². The second kappa shape index (κ2) is 9.60. The van der Waals surface area contributed by atoms with Gasteiger partial charge in [-0.25, -0.2) is 0 Å². The maximum Gasteiger partial charge on any atom is 0.252 e. The lowest BCUT2D eigenvalue weighted by Crippen LogP contribution is -2.55. The maximum atomic E-state index is 12.7. The molecule has 0 heterocycles. The first-order valence-electron chi connectivity index (χ1n) is 9.38. The van der Waals surface area contributed by atoms with E-state index in [4.69, 9.17) is 9.47 Å². The van der Waals surface area contributed by atoms with Gasteiger partial charge in [0.25, 0.3) is 5.91 Å². The van der Waals surface area contributed by atoms with Crippen LogP contribution in [0.3, 0.4) is 0 Å². The zero-order chi connectivity index (χ0) is 20.0. The van der Waals surface area contributed by atoms with Crippen LogP contribution in [0.15, 0.2) is 18.2 Å². The smallest absolute Gasteiger partial charge is 0.252 e. The second-order valence-corrected chi connectivity index (χ2v) is 7.26. The van der Waals surface area contributed by atoms with Crippen molar-refractivity contribution in [3.05, 3.63) is 23.8 Å². The van der Waals surface area contributed by atoms with Crippen LogP contribution >= 0.6 is 0 Å². The minimum absolute atomic E-state index is 0.109. The van der Waals surface area contributed by atoms with E-state index in [9.17, 15) is 14.7 Å². The molecular weight excluding hydrogens is 348 g/mol. The van der Waals surface area contributed by atoms with Crippen molar-refractivity contribution in [3.8, 4) is 11.5 Å². The molecular formula is C20H30N2O5. The summed E-state index contributed by atoms with van der Waals surface area (Å²) < 4.78 is 10.4. The number of methoxy groups -OCH3 is 2. The van der Waals surface area contributed by atoms with Crippen LogP contribution in [0.25, 0.3) is 0 Å². The molecule has 1 aliphatic rings. The van der Waals surface area contributed by atoms with Crippen LogP contribution in [-0.2, 0) is 4.79 Å². The molecule has 1 aliphatic carbocycles. The van der Waals surface area contributed by atoms with Gasteiger partial charge in [0.2, 0.25) is 5.91 Å². The van der Waals surface area contributed by atoms with Gasteiger partial charge in [0, 0.05) is 11.6 Å². The molecule has 0 radical (unpaired) electrons. The van der Waals surface area contributed by atoms with Gasteiger partial charge in [-0.1, -0.05) is 26.7 Å². The van der Waals surface area contributed by atoms with Crippen molar-refractivity contribution in [2.75, 3.05) is 14.2 Å². The number of aliphatic hydroxyl groups excluding tert-OH is 1. The van der Waals surface area contributed by atoms with E-state index in [0.717, 1.165) is 19.3 Å². The number of nitrogens with one attached hydrogen (secondary N) is 2. The third-order valence-electron chi connectivity index (χ3n) is 4.91. The molecule has 0 saturated heterocycles. The van der Waals surface area contributed by atoms with Gasteiger partial charge >= 0.3 is 0 Å². The van der Waals surface area contributed by atoms with Crippen LogP contribution in [0.5, 0.6) is 11.5 Å². The van der Waals surface area contributed by atoms with Gasteiger partial charge in [-0.15, -0.1) is 0 Å². The molecule has 3 N–H and O–H groups in total. The van der Waals surface area contributed by atoms with E-state index in [1.807, 2.05) is 13.8 Å². The molecule has 1 aromatic carbocycles. The number of carbonyl (C=O) groups excluding carboxylic acids is 2. The van der Waals surface area contributed by atoms with Gasteiger partial charge in [-0.3, -0.25) is 9.59 Å². The van der Waals surface area contributed by atoms with Gasteiger partial charge in [-0.05, 0) is 30.9 Å². The highest BCUT2D eigenvalue weighted by atomic mass is 16.5. The van der Waals surface area contributed by atoms with Crippen molar-refractivity contribution in [1.29, 1.82) is 0 Å². The quantitative estimate of drug-likeness (QED) is 0.673. The highest BCUT2D eigenvalue weighted by molar-refractivity contribution is 5.98. The lowest BCUT2D eigenvalue weighted by molar-refractivity contribution is -0.125. The Morgan fingerprint density at radius 3 is 2.19 bits per heavy atom. The predicted octanol–water partition coefficient (Wildman–Crippen LogP) is 1.88. The first-order chi connectivity index (χ1) is 12.8. The maximum absolute atomic E-state index is 12.7. The highest BCUT2D eigenvalue weighted by Crippen LogP contribution is 2.23. The van der Waals surface area contributed by atoms with E-state index in [-0.39, 0.29) is 23.8 Å². The van der Waals surface area contributed by atoms with Crippen LogP contribution in [0.2, 0.25) is 0 Å². The molecule has 1 aromatic rings. The average Bonchev–Trinajstić information content (AvgIpc) is 2.66. The van der Waals surface area contributed by atoms with Crippen molar-refractivity contribution >= 4 is 11.8 Å². The lowest BCUT2D eigenvalue weighted by Gasteiger charge is -2.31. The summed E-state index contributed by atoms with van der Waals surface area (Å²) in [6.45, 7) is 3.74. The molecule has 0 aliphatic heterocycles. The van der Waals surface area contributed by atoms with Gasteiger partial charge in [0.15, 0.2) is 0 Å². The minimum Gasteiger partial charge on any atom is -0.497 e. The zero-order valence-corrected chi connectivity index (χ0v) is 16.5. The largest absolute Gasteiger partial charge is 0.497 e. The SMILES string of the molecule is COc1cc(OC)cc(C(=O)NC(C(=O)NC2CCCCC2O)C(C)C)c1. The second-order valence-electron chi connectivity index (χ2n) is 7.26. The van der Waals surface area contributed by atoms with E-state index in [1.54, 1.807) is 18.2 Å². The number of carbonyl (C=O) groups is 2. The summed E-state index contributed by atoms with van der Waals surface area (Å²) in [6, 6.07) is 3.90. The normalized spacial score (nSPS) is 20.7. The van der Waals surface area contributed by atoms with Gasteiger partial charge in [-0.2, -0.15) is 0 Å². The number of aliphatic hydroxyl groups is 1. The minimum atomic E-state index is -0.705. The summed E-state index contributed by atoms with van der Waals surface area (Å²) in [4.78, 5) is 25.4. The molecule has 0 spiro atoms. The Hall–Kier alpha value is -2.28. The Labute approximate surface area is 160 Å². The number of hydrogen-bond donors (Lipinski definition) is 3. The highest BCUT2D eigenvalue weighted by Gasteiger charge is 2.30. The van der Waals surface area contributed by atoms with Gasteiger partial charge < -0.3 is 25.2 Å². The summed E-state index contributed by atoms with van der Waals surface area (Å²) in [5.74, 6) is 0.220. The molecule has 1 fully saturated rings. The Kier molecular flexibility index (Phi) is 7.47. The molecule has 7 nitrogen and oxygen atoms in total. The topological polar surface area (TPSA) is 96.9 Å². The average molecular weight is 378 g/mol. The Morgan fingerprint density at radius 1 is 1.07 bits per heavy atom. The summed E-state index contributed by atoms with van der Waals surface area (Å²) in [5.41, 5.74) is 0.349. The molecule has 3 atom stereocenters. The fourth-order valence-electron chi connectivity index (χ4n) is 3.25. The van der Waals surface area contributed by atoms with Crippen LogP contribution < -0.4 is 20.1 Å². The van der Waals surface area contributed by atoms with Gasteiger partial charge in [0.1, 0.15) is 17.5 Å². The third kappa shape index (κ3) is 5.60. The summed E-state index contributed by atoms with van der Waals surface area (Å²) >= 11 is 0. The fraction of sp³-hybridized carbons (Fsp3) is 0.600.